The van der Waals surface area contributed by atoms with Crippen molar-refractivity contribution in [2.45, 2.75) is 19.8 Å². The highest BCUT2D eigenvalue weighted by Crippen LogP contribution is 2.31. The fraction of sp³-hybridized carbons (Fsp3) is 0.300. The third kappa shape index (κ3) is 4.17. The van der Waals surface area contributed by atoms with Gasteiger partial charge in [0.1, 0.15) is 0 Å². The largest absolute Gasteiger partial charge is 0.478 e. The Hall–Kier alpha value is -2.53. The van der Waals surface area contributed by atoms with Crippen LogP contribution in [0.2, 0.25) is 5.02 Å². The van der Waals surface area contributed by atoms with Crippen molar-refractivity contribution in [1.82, 2.24) is 0 Å². The van der Waals surface area contributed by atoms with Crippen molar-refractivity contribution in [1.29, 1.82) is 0 Å². The first-order chi connectivity index (χ1) is 12.4. The highest BCUT2D eigenvalue weighted by molar-refractivity contribution is 6.31. The minimum Gasteiger partial charge on any atom is -0.478 e. The topological polar surface area (TPSA) is 69.6 Å². The zero-order chi connectivity index (χ0) is 18.7. The summed E-state index contributed by atoms with van der Waals surface area (Å²) in [6, 6.07) is 11.5. The van der Waals surface area contributed by atoms with E-state index in [2.05, 4.69) is 17.1 Å². The van der Waals surface area contributed by atoms with Crippen molar-refractivity contribution in [2.24, 2.45) is 5.92 Å². The first-order valence-electron chi connectivity index (χ1n) is 8.63. The molecular weight excluding hydrogens is 352 g/mol. The van der Waals surface area contributed by atoms with Gasteiger partial charge in [-0.15, -0.1) is 0 Å². The number of nitrogens with zero attached hydrogens (tertiary/aromatic N) is 1. The Morgan fingerprint density at radius 1 is 1.19 bits per heavy atom. The van der Waals surface area contributed by atoms with Crippen molar-refractivity contribution < 1.29 is 14.7 Å². The van der Waals surface area contributed by atoms with Gasteiger partial charge in [0, 0.05) is 23.7 Å². The van der Waals surface area contributed by atoms with Crippen LogP contribution in [0.5, 0.6) is 0 Å². The summed E-state index contributed by atoms with van der Waals surface area (Å²) in [6.07, 6.45) is 2.25. The Bertz CT molecular complexity index is 838. The van der Waals surface area contributed by atoms with Gasteiger partial charge in [0.05, 0.1) is 16.9 Å². The summed E-state index contributed by atoms with van der Waals surface area (Å²) >= 11 is 5.96. The standard InChI is InChI=1S/C20H21ClN2O3/c1-13-4-3-9-23(12-13)18-8-7-15(20(25)26)11-17(18)22-19(24)14-5-2-6-16(21)10-14/h2,5-8,10-11,13H,3-4,9,12H2,1H3,(H,22,24)(H,25,26). The molecule has 0 spiro atoms. The highest BCUT2D eigenvalue weighted by Gasteiger charge is 2.21. The second kappa shape index (κ2) is 7.79. The summed E-state index contributed by atoms with van der Waals surface area (Å²) in [6.45, 7) is 3.96. The Kier molecular flexibility index (Phi) is 5.47. The smallest absolute Gasteiger partial charge is 0.335 e. The molecule has 1 heterocycles. The van der Waals surface area contributed by atoms with Gasteiger partial charge in [0.2, 0.25) is 0 Å². The molecule has 1 atom stereocenters. The average molecular weight is 373 g/mol. The Labute approximate surface area is 157 Å². The van der Waals surface area contributed by atoms with Crippen LogP contribution in [0.25, 0.3) is 0 Å². The van der Waals surface area contributed by atoms with Gasteiger partial charge in [-0.25, -0.2) is 4.79 Å². The maximum Gasteiger partial charge on any atom is 0.335 e. The van der Waals surface area contributed by atoms with E-state index in [0.717, 1.165) is 25.2 Å². The molecule has 2 aromatic rings. The second-order valence-corrected chi connectivity index (χ2v) is 7.13. The molecule has 6 heteroatoms. The summed E-state index contributed by atoms with van der Waals surface area (Å²) in [5.74, 6) is -0.789. The predicted molar refractivity (Wildman–Crippen MR) is 103 cm³/mol. The molecule has 136 valence electrons. The quantitative estimate of drug-likeness (QED) is 0.827. The van der Waals surface area contributed by atoms with Gasteiger partial charge in [-0.1, -0.05) is 24.6 Å². The third-order valence-corrected chi connectivity index (χ3v) is 4.81. The number of carbonyl (C=O) groups excluding carboxylic acids is 1. The Morgan fingerprint density at radius 2 is 2.00 bits per heavy atom. The molecule has 0 bridgehead atoms. The number of hydrogen-bond donors (Lipinski definition) is 2. The maximum absolute atomic E-state index is 12.6. The summed E-state index contributed by atoms with van der Waals surface area (Å²) < 4.78 is 0. The number of amides is 1. The normalized spacial score (nSPS) is 17.0. The van der Waals surface area contributed by atoms with E-state index >= 15 is 0 Å². The molecule has 5 nitrogen and oxygen atoms in total. The van der Waals surface area contributed by atoms with E-state index in [1.807, 2.05) is 0 Å². The van der Waals surface area contributed by atoms with Gasteiger partial charge in [-0.3, -0.25) is 4.79 Å². The summed E-state index contributed by atoms with van der Waals surface area (Å²) in [4.78, 5) is 26.2. The van der Waals surface area contributed by atoms with Crippen LogP contribution in [0.4, 0.5) is 11.4 Å². The van der Waals surface area contributed by atoms with E-state index in [4.69, 9.17) is 11.6 Å². The maximum atomic E-state index is 12.6. The molecular formula is C20H21ClN2O3. The molecule has 1 amide bonds. The Balaban J connectivity index is 1.93. The number of carboxylic acids is 1. The minimum atomic E-state index is -1.03. The van der Waals surface area contributed by atoms with Crippen LogP contribution in [0, 0.1) is 5.92 Å². The number of carboxylic acid groups (broad SMARTS) is 1. The molecule has 0 aromatic heterocycles. The molecule has 1 saturated heterocycles. The van der Waals surface area contributed by atoms with E-state index < -0.39 is 5.97 Å². The monoisotopic (exact) mass is 372 g/mol. The summed E-state index contributed by atoms with van der Waals surface area (Å²) in [7, 11) is 0. The van der Waals surface area contributed by atoms with Crippen molar-refractivity contribution in [2.75, 3.05) is 23.3 Å². The van der Waals surface area contributed by atoms with E-state index in [1.54, 1.807) is 36.4 Å². The lowest BCUT2D eigenvalue weighted by atomic mass is 9.99. The second-order valence-electron chi connectivity index (χ2n) is 6.69. The number of benzene rings is 2. The third-order valence-electron chi connectivity index (χ3n) is 4.58. The Morgan fingerprint density at radius 3 is 2.69 bits per heavy atom. The number of nitrogens with one attached hydrogen (secondary N) is 1. The van der Waals surface area contributed by atoms with Crippen LogP contribution < -0.4 is 10.2 Å². The molecule has 3 rings (SSSR count). The van der Waals surface area contributed by atoms with Gasteiger partial charge in [-0.2, -0.15) is 0 Å². The highest BCUT2D eigenvalue weighted by atomic mass is 35.5. The lowest BCUT2D eigenvalue weighted by molar-refractivity contribution is 0.0696. The van der Waals surface area contributed by atoms with Crippen molar-refractivity contribution in [3.63, 3.8) is 0 Å². The van der Waals surface area contributed by atoms with Crippen LogP contribution >= 0.6 is 11.6 Å². The van der Waals surface area contributed by atoms with E-state index in [1.165, 1.54) is 12.5 Å². The molecule has 0 radical (unpaired) electrons. The molecule has 2 N–H and O–H groups in total. The van der Waals surface area contributed by atoms with Crippen LogP contribution in [0.1, 0.15) is 40.5 Å². The number of hydrogen-bond acceptors (Lipinski definition) is 3. The van der Waals surface area contributed by atoms with Gasteiger partial charge in [-0.05, 0) is 55.2 Å². The molecule has 1 unspecified atom stereocenters. The van der Waals surface area contributed by atoms with Crippen LogP contribution in [0.3, 0.4) is 0 Å². The summed E-state index contributed by atoms with van der Waals surface area (Å²) in [5.41, 5.74) is 1.91. The predicted octanol–water partition coefficient (Wildman–Crippen LogP) is 4.53. The fourth-order valence-corrected chi connectivity index (χ4v) is 3.47. The zero-order valence-electron chi connectivity index (χ0n) is 14.5. The molecule has 2 aromatic carbocycles. The fourth-order valence-electron chi connectivity index (χ4n) is 3.28. The zero-order valence-corrected chi connectivity index (χ0v) is 15.3. The van der Waals surface area contributed by atoms with E-state index in [-0.39, 0.29) is 11.5 Å². The number of piperidine rings is 1. The SMILES string of the molecule is CC1CCCN(c2ccc(C(=O)O)cc2NC(=O)c2cccc(Cl)c2)C1. The lowest BCUT2D eigenvalue weighted by Crippen LogP contribution is -2.35. The van der Waals surface area contributed by atoms with Gasteiger partial charge >= 0.3 is 5.97 Å². The summed E-state index contributed by atoms with van der Waals surface area (Å²) in [5, 5.41) is 12.6. The van der Waals surface area contributed by atoms with Crippen LogP contribution in [-0.2, 0) is 0 Å². The van der Waals surface area contributed by atoms with Crippen LogP contribution in [0.15, 0.2) is 42.5 Å². The van der Waals surface area contributed by atoms with Gasteiger partial charge in [0.15, 0.2) is 0 Å². The van der Waals surface area contributed by atoms with Crippen molar-refractivity contribution >= 4 is 34.9 Å². The van der Waals surface area contributed by atoms with Crippen molar-refractivity contribution in [3.8, 4) is 0 Å². The van der Waals surface area contributed by atoms with Gasteiger partial charge in [0.25, 0.3) is 5.91 Å². The number of anilines is 2. The average Bonchev–Trinajstić information content (AvgIpc) is 2.61. The molecule has 1 aliphatic heterocycles. The van der Waals surface area contributed by atoms with E-state index in [0.29, 0.717) is 22.2 Å². The molecule has 26 heavy (non-hydrogen) atoms. The molecule has 0 aliphatic carbocycles. The number of halogens is 1. The minimum absolute atomic E-state index is 0.139. The number of carbonyl (C=O) groups is 2. The number of rotatable bonds is 4. The first-order valence-corrected chi connectivity index (χ1v) is 9.01. The first kappa shape index (κ1) is 18.3. The van der Waals surface area contributed by atoms with Crippen molar-refractivity contribution in [3.05, 3.63) is 58.6 Å². The van der Waals surface area contributed by atoms with Crippen LogP contribution in [-0.4, -0.2) is 30.1 Å². The number of aromatic carboxylic acids is 1. The van der Waals surface area contributed by atoms with E-state index in [9.17, 15) is 14.7 Å². The molecule has 0 saturated carbocycles. The molecule has 1 fully saturated rings. The van der Waals surface area contributed by atoms with Gasteiger partial charge < -0.3 is 15.3 Å². The molecule has 1 aliphatic rings. The lowest BCUT2D eigenvalue weighted by Gasteiger charge is -2.34.